The van der Waals surface area contributed by atoms with Crippen LogP contribution in [0.25, 0.3) is 0 Å². The summed E-state index contributed by atoms with van der Waals surface area (Å²) in [5, 5.41) is 14.6. The van der Waals surface area contributed by atoms with Crippen LogP contribution in [0, 0.1) is 0 Å². The molecule has 0 bridgehead atoms. The Bertz CT molecular complexity index is 268. The fourth-order valence-corrected chi connectivity index (χ4v) is 1.49. The molecule has 6 nitrogen and oxygen atoms in total. The predicted octanol–water partition coefficient (Wildman–Crippen LogP) is -0.646. The molecule has 0 saturated carbocycles. The molecule has 72 valence electrons. The van der Waals surface area contributed by atoms with Crippen molar-refractivity contribution in [2.24, 2.45) is 0 Å². The van der Waals surface area contributed by atoms with E-state index in [1.807, 2.05) is 11.7 Å². The Kier molecular flexibility index (Phi) is 2.51. The molecule has 0 amide bonds. The largest absolute Gasteiger partial charge is 0.379 e. The minimum atomic E-state index is 0.318. The molecule has 1 unspecified atom stereocenters. The zero-order valence-corrected chi connectivity index (χ0v) is 7.60. The Labute approximate surface area is 76.3 Å². The maximum atomic E-state index is 5.28. The molecular weight excluding hydrogens is 170 g/mol. The summed E-state index contributed by atoms with van der Waals surface area (Å²) in [5.74, 6) is 0.873. The fraction of sp³-hybridized carbons (Fsp3) is 0.857. The number of nitrogens with one attached hydrogen (secondary N) is 1. The number of hydrogen-bond donors (Lipinski definition) is 1. The average Bonchev–Trinajstić information content (AvgIpc) is 2.71. The fourth-order valence-electron chi connectivity index (χ4n) is 1.49. The topological polar surface area (TPSA) is 64.9 Å². The van der Waals surface area contributed by atoms with Gasteiger partial charge < -0.3 is 10.1 Å². The van der Waals surface area contributed by atoms with E-state index in [0.717, 1.165) is 25.5 Å². The van der Waals surface area contributed by atoms with Gasteiger partial charge in [-0.2, -0.15) is 0 Å². The van der Waals surface area contributed by atoms with Crippen molar-refractivity contribution in [2.75, 3.05) is 20.3 Å². The van der Waals surface area contributed by atoms with Gasteiger partial charge in [0.2, 0.25) is 0 Å². The van der Waals surface area contributed by atoms with Crippen molar-refractivity contribution in [2.45, 2.75) is 19.0 Å². The monoisotopic (exact) mass is 183 g/mol. The molecule has 1 fully saturated rings. The van der Waals surface area contributed by atoms with Crippen LogP contribution in [-0.4, -0.2) is 40.5 Å². The van der Waals surface area contributed by atoms with Crippen LogP contribution in [0.2, 0.25) is 0 Å². The van der Waals surface area contributed by atoms with Crippen molar-refractivity contribution in [3.63, 3.8) is 0 Å². The highest BCUT2D eigenvalue weighted by Gasteiger charge is 2.21. The van der Waals surface area contributed by atoms with Crippen molar-refractivity contribution in [3.05, 3.63) is 5.82 Å². The molecular formula is C7H13N5O. The van der Waals surface area contributed by atoms with Gasteiger partial charge in [-0.05, 0) is 23.9 Å². The molecule has 13 heavy (non-hydrogen) atoms. The van der Waals surface area contributed by atoms with Gasteiger partial charge in [0.25, 0.3) is 0 Å². The Morgan fingerprint density at radius 1 is 1.69 bits per heavy atom. The summed E-state index contributed by atoms with van der Waals surface area (Å²) in [6.07, 6.45) is 1.00. The molecule has 1 aromatic rings. The van der Waals surface area contributed by atoms with Crippen LogP contribution >= 0.6 is 0 Å². The molecule has 1 aliphatic heterocycles. The summed E-state index contributed by atoms with van der Waals surface area (Å²) >= 11 is 0. The zero-order valence-electron chi connectivity index (χ0n) is 7.60. The van der Waals surface area contributed by atoms with Crippen LogP contribution in [0.15, 0.2) is 0 Å². The summed E-state index contributed by atoms with van der Waals surface area (Å²) in [6, 6.07) is 0.318. The molecule has 6 heteroatoms. The van der Waals surface area contributed by atoms with Crippen LogP contribution in [0.3, 0.4) is 0 Å². The minimum absolute atomic E-state index is 0.318. The second-order valence-corrected chi connectivity index (χ2v) is 3.09. The SMILES string of the molecule is CNCc1nnnn1C1CCOC1. The normalized spacial score (nSPS) is 22.4. The van der Waals surface area contributed by atoms with Crippen molar-refractivity contribution in [1.29, 1.82) is 0 Å². The maximum Gasteiger partial charge on any atom is 0.165 e. The van der Waals surface area contributed by atoms with E-state index in [1.54, 1.807) is 0 Å². The molecule has 0 radical (unpaired) electrons. The van der Waals surface area contributed by atoms with Gasteiger partial charge in [-0.3, -0.25) is 0 Å². The smallest absolute Gasteiger partial charge is 0.165 e. The molecule has 2 heterocycles. The van der Waals surface area contributed by atoms with E-state index in [-0.39, 0.29) is 0 Å². The van der Waals surface area contributed by atoms with E-state index >= 15 is 0 Å². The standard InChI is InChI=1S/C7H13N5O/c1-8-4-7-9-10-11-12(7)6-2-3-13-5-6/h6,8H,2-5H2,1H3. The summed E-state index contributed by atoms with van der Waals surface area (Å²) in [5.41, 5.74) is 0. The van der Waals surface area contributed by atoms with Gasteiger partial charge in [-0.15, -0.1) is 5.10 Å². The van der Waals surface area contributed by atoms with Crippen LogP contribution in [0.4, 0.5) is 0 Å². The molecule has 1 aromatic heterocycles. The van der Waals surface area contributed by atoms with E-state index in [9.17, 15) is 0 Å². The van der Waals surface area contributed by atoms with Gasteiger partial charge in [0.05, 0.1) is 19.2 Å². The van der Waals surface area contributed by atoms with Gasteiger partial charge >= 0.3 is 0 Å². The number of tetrazole rings is 1. The van der Waals surface area contributed by atoms with Crippen molar-refractivity contribution >= 4 is 0 Å². The third-order valence-corrected chi connectivity index (χ3v) is 2.15. The summed E-state index contributed by atoms with van der Waals surface area (Å²) < 4.78 is 7.13. The highest BCUT2D eigenvalue weighted by molar-refractivity contribution is 4.84. The van der Waals surface area contributed by atoms with Gasteiger partial charge in [0.1, 0.15) is 0 Å². The number of rotatable bonds is 3. The van der Waals surface area contributed by atoms with Crippen molar-refractivity contribution in [3.8, 4) is 0 Å². The molecule has 0 aliphatic carbocycles. The first kappa shape index (κ1) is 8.58. The lowest BCUT2D eigenvalue weighted by molar-refractivity contribution is 0.183. The Morgan fingerprint density at radius 3 is 3.31 bits per heavy atom. The molecule has 1 aliphatic rings. The molecule has 1 N–H and O–H groups in total. The van der Waals surface area contributed by atoms with Crippen LogP contribution < -0.4 is 5.32 Å². The van der Waals surface area contributed by atoms with Gasteiger partial charge in [0, 0.05) is 6.61 Å². The number of aromatic nitrogens is 4. The van der Waals surface area contributed by atoms with Crippen LogP contribution in [0.1, 0.15) is 18.3 Å². The van der Waals surface area contributed by atoms with Crippen molar-refractivity contribution in [1.82, 2.24) is 25.5 Å². The molecule has 1 saturated heterocycles. The second-order valence-electron chi connectivity index (χ2n) is 3.09. The lowest BCUT2D eigenvalue weighted by atomic mass is 10.3. The summed E-state index contributed by atoms with van der Waals surface area (Å²) in [7, 11) is 1.88. The molecule has 0 aromatic carbocycles. The van der Waals surface area contributed by atoms with Crippen LogP contribution in [0.5, 0.6) is 0 Å². The Balaban J connectivity index is 2.13. The van der Waals surface area contributed by atoms with Crippen LogP contribution in [-0.2, 0) is 11.3 Å². The van der Waals surface area contributed by atoms with Gasteiger partial charge in [-0.1, -0.05) is 0 Å². The highest BCUT2D eigenvalue weighted by Crippen LogP contribution is 2.17. The average molecular weight is 183 g/mol. The third kappa shape index (κ3) is 1.68. The number of nitrogens with zero attached hydrogens (tertiary/aromatic N) is 4. The van der Waals surface area contributed by atoms with Crippen molar-refractivity contribution < 1.29 is 4.74 Å². The highest BCUT2D eigenvalue weighted by atomic mass is 16.5. The van der Waals surface area contributed by atoms with E-state index in [4.69, 9.17) is 4.74 Å². The summed E-state index contributed by atoms with van der Waals surface area (Å²) in [6.45, 7) is 2.23. The zero-order chi connectivity index (χ0) is 9.10. The quantitative estimate of drug-likeness (QED) is 0.675. The Morgan fingerprint density at radius 2 is 2.62 bits per heavy atom. The van der Waals surface area contributed by atoms with Gasteiger partial charge in [-0.25, -0.2) is 4.68 Å². The first-order valence-electron chi connectivity index (χ1n) is 4.41. The maximum absolute atomic E-state index is 5.28. The van der Waals surface area contributed by atoms with E-state index < -0.39 is 0 Å². The van der Waals surface area contributed by atoms with E-state index in [1.165, 1.54) is 0 Å². The Hall–Kier alpha value is -1.01. The lowest BCUT2D eigenvalue weighted by Crippen LogP contribution is -2.18. The first-order valence-corrected chi connectivity index (χ1v) is 4.41. The number of hydrogen-bond acceptors (Lipinski definition) is 5. The molecule has 2 rings (SSSR count). The lowest BCUT2D eigenvalue weighted by Gasteiger charge is -2.08. The van der Waals surface area contributed by atoms with E-state index in [2.05, 4.69) is 20.8 Å². The predicted molar refractivity (Wildman–Crippen MR) is 45.1 cm³/mol. The second kappa shape index (κ2) is 3.80. The van der Waals surface area contributed by atoms with Gasteiger partial charge in [0.15, 0.2) is 5.82 Å². The molecule has 0 spiro atoms. The first-order chi connectivity index (χ1) is 6.42. The summed E-state index contributed by atoms with van der Waals surface area (Å²) in [4.78, 5) is 0. The number of ether oxygens (including phenoxy) is 1. The third-order valence-electron chi connectivity index (χ3n) is 2.15. The van der Waals surface area contributed by atoms with E-state index in [0.29, 0.717) is 12.6 Å². The molecule has 1 atom stereocenters. The minimum Gasteiger partial charge on any atom is -0.379 e.